The number of imidazole rings is 1. The average Bonchev–Trinajstić information content (AvgIpc) is 2.65. The molecule has 0 saturated carbocycles. The van der Waals surface area contributed by atoms with Gasteiger partial charge in [-0.2, -0.15) is 0 Å². The first-order chi connectivity index (χ1) is 6.99. The molecule has 86 valence electrons. The molecule has 2 N–H and O–H groups in total. The van der Waals surface area contributed by atoms with Crippen molar-refractivity contribution in [2.75, 3.05) is 0 Å². The highest BCUT2D eigenvalue weighted by Crippen LogP contribution is 2.07. The van der Waals surface area contributed by atoms with E-state index in [9.17, 15) is 8.42 Å². The van der Waals surface area contributed by atoms with E-state index in [4.69, 9.17) is 0 Å². The second-order valence-electron chi connectivity index (χ2n) is 3.48. The molecule has 15 heavy (non-hydrogen) atoms. The van der Waals surface area contributed by atoms with Crippen LogP contribution in [0.5, 0.6) is 0 Å². The van der Waals surface area contributed by atoms with Crippen molar-refractivity contribution in [3.05, 3.63) is 12.0 Å². The van der Waals surface area contributed by atoms with Crippen molar-refractivity contribution in [3.63, 3.8) is 0 Å². The molecule has 1 rings (SSSR count). The van der Waals surface area contributed by atoms with E-state index in [2.05, 4.69) is 14.7 Å². The van der Waals surface area contributed by atoms with E-state index in [1.807, 2.05) is 20.8 Å². The third-order valence-corrected chi connectivity index (χ3v) is 3.70. The van der Waals surface area contributed by atoms with Gasteiger partial charge in [-0.1, -0.05) is 13.8 Å². The summed E-state index contributed by atoms with van der Waals surface area (Å²) in [6.07, 6.45) is 2.80. The second-order valence-corrected chi connectivity index (χ2v) is 5.16. The maximum absolute atomic E-state index is 11.7. The molecule has 0 aliphatic carbocycles. The lowest BCUT2D eigenvalue weighted by Gasteiger charge is -2.10. The van der Waals surface area contributed by atoms with Crippen molar-refractivity contribution < 1.29 is 8.42 Å². The Morgan fingerprint density at radius 2 is 2.20 bits per heavy atom. The van der Waals surface area contributed by atoms with E-state index in [0.717, 1.165) is 6.42 Å². The lowest BCUT2D eigenvalue weighted by Crippen LogP contribution is -2.32. The summed E-state index contributed by atoms with van der Waals surface area (Å²) in [7, 11) is -3.43. The van der Waals surface area contributed by atoms with Crippen LogP contribution in [-0.4, -0.2) is 24.4 Å². The number of H-pyrrole nitrogens is 1. The third kappa shape index (κ3) is 3.04. The smallest absolute Gasteiger partial charge is 0.257 e. The van der Waals surface area contributed by atoms with Crippen molar-refractivity contribution in [2.24, 2.45) is 0 Å². The van der Waals surface area contributed by atoms with Gasteiger partial charge in [0.05, 0.1) is 6.20 Å². The molecule has 0 saturated heterocycles. The number of rotatable bonds is 5. The van der Waals surface area contributed by atoms with Crippen molar-refractivity contribution in [3.8, 4) is 0 Å². The number of nitrogens with one attached hydrogen (secondary N) is 2. The topological polar surface area (TPSA) is 74.8 Å². The maximum atomic E-state index is 11.7. The molecule has 0 fully saturated rings. The fourth-order valence-corrected chi connectivity index (χ4v) is 2.34. The zero-order valence-electron chi connectivity index (χ0n) is 9.24. The zero-order chi connectivity index (χ0) is 11.5. The molecule has 5 nitrogen and oxygen atoms in total. The van der Waals surface area contributed by atoms with Gasteiger partial charge in [-0.05, 0) is 13.3 Å². The number of hydrogen-bond acceptors (Lipinski definition) is 3. The molecule has 0 radical (unpaired) electrons. The zero-order valence-corrected chi connectivity index (χ0v) is 10.1. The molecule has 0 amide bonds. The van der Waals surface area contributed by atoms with E-state index >= 15 is 0 Å². The van der Waals surface area contributed by atoms with Gasteiger partial charge in [0.25, 0.3) is 10.0 Å². The van der Waals surface area contributed by atoms with Crippen LogP contribution in [0.4, 0.5) is 0 Å². The van der Waals surface area contributed by atoms with E-state index in [1.54, 1.807) is 0 Å². The van der Waals surface area contributed by atoms with E-state index in [1.165, 1.54) is 6.20 Å². The minimum absolute atomic E-state index is 0.0663. The molecule has 0 bridgehead atoms. The third-order valence-electron chi connectivity index (χ3n) is 2.20. The molecular weight excluding hydrogens is 214 g/mol. The van der Waals surface area contributed by atoms with Crippen LogP contribution in [0, 0.1) is 0 Å². The number of hydrogen-bond donors (Lipinski definition) is 2. The monoisotopic (exact) mass is 231 g/mol. The minimum Gasteiger partial charge on any atom is -0.332 e. The fourth-order valence-electron chi connectivity index (χ4n) is 1.07. The summed E-state index contributed by atoms with van der Waals surface area (Å²) in [6.45, 7) is 5.67. The van der Waals surface area contributed by atoms with Crippen LogP contribution >= 0.6 is 0 Å². The number of aromatic nitrogens is 2. The van der Waals surface area contributed by atoms with Crippen LogP contribution in [0.15, 0.2) is 11.2 Å². The standard InChI is InChI=1S/C9H17N3O2S/c1-4-7(3)12-15(13,14)9-6-10-8(5-2)11-9/h6-7,12H,4-5H2,1-3H3,(H,10,11). The van der Waals surface area contributed by atoms with Crippen molar-refractivity contribution in [2.45, 2.75) is 44.7 Å². The fraction of sp³-hybridized carbons (Fsp3) is 0.667. The highest BCUT2D eigenvalue weighted by atomic mass is 32.2. The lowest BCUT2D eigenvalue weighted by atomic mass is 10.3. The first-order valence-electron chi connectivity index (χ1n) is 5.05. The molecule has 1 aromatic heterocycles. The summed E-state index contributed by atoms with van der Waals surface area (Å²) in [5.41, 5.74) is 0. The Labute approximate surface area is 90.4 Å². The van der Waals surface area contributed by atoms with Gasteiger partial charge in [0, 0.05) is 12.5 Å². The van der Waals surface area contributed by atoms with Crippen LogP contribution in [0.3, 0.4) is 0 Å². The summed E-state index contributed by atoms with van der Waals surface area (Å²) >= 11 is 0. The van der Waals surface area contributed by atoms with Crippen LogP contribution in [0.25, 0.3) is 0 Å². The van der Waals surface area contributed by atoms with Gasteiger partial charge in [-0.15, -0.1) is 0 Å². The molecule has 1 unspecified atom stereocenters. The second kappa shape index (κ2) is 4.76. The van der Waals surface area contributed by atoms with Crippen LogP contribution in [-0.2, 0) is 16.4 Å². The number of aryl methyl sites for hydroxylation is 1. The van der Waals surface area contributed by atoms with Gasteiger partial charge in [-0.3, -0.25) is 0 Å². The predicted octanol–water partition coefficient (Wildman–Crippen LogP) is 1.05. The summed E-state index contributed by atoms with van der Waals surface area (Å²) in [5.74, 6) is 0.680. The minimum atomic E-state index is -3.43. The van der Waals surface area contributed by atoms with Gasteiger partial charge in [0.2, 0.25) is 0 Å². The predicted molar refractivity (Wildman–Crippen MR) is 58.0 cm³/mol. The van der Waals surface area contributed by atoms with E-state index in [0.29, 0.717) is 12.2 Å². The normalized spacial score (nSPS) is 14.1. The highest BCUT2D eigenvalue weighted by molar-refractivity contribution is 7.89. The SMILES string of the molecule is CCc1ncc(S(=O)(=O)NC(C)CC)[nH]1. The number of aromatic amines is 1. The molecule has 1 aromatic rings. The molecule has 1 atom stereocenters. The Hall–Kier alpha value is -0.880. The van der Waals surface area contributed by atoms with Crippen molar-refractivity contribution in [1.29, 1.82) is 0 Å². The van der Waals surface area contributed by atoms with Crippen molar-refractivity contribution >= 4 is 10.0 Å². The van der Waals surface area contributed by atoms with Gasteiger partial charge in [0.15, 0.2) is 5.03 Å². The first-order valence-corrected chi connectivity index (χ1v) is 6.54. The molecule has 0 spiro atoms. The Morgan fingerprint density at radius 1 is 1.53 bits per heavy atom. The van der Waals surface area contributed by atoms with Gasteiger partial charge < -0.3 is 4.98 Å². The lowest BCUT2D eigenvalue weighted by molar-refractivity contribution is 0.553. The van der Waals surface area contributed by atoms with Crippen molar-refractivity contribution in [1.82, 2.24) is 14.7 Å². The van der Waals surface area contributed by atoms with Gasteiger partial charge in [0.1, 0.15) is 5.82 Å². The largest absolute Gasteiger partial charge is 0.332 e. The Balaban J connectivity index is 2.86. The first kappa shape index (κ1) is 12.2. The van der Waals surface area contributed by atoms with Gasteiger partial charge in [-0.25, -0.2) is 18.1 Å². The number of sulfonamides is 1. The summed E-state index contributed by atoms with van der Waals surface area (Å²) < 4.78 is 26.1. The van der Waals surface area contributed by atoms with Crippen LogP contribution in [0.2, 0.25) is 0 Å². The molecule has 6 heteroatoms. The molecular formula is C9H17N3O2S. The highest BCUT2D eigenvalue weighted by Gasteiger charge is 2.18. The van der Waals surface area contributed by atoms with Gasteiger partial charge >= 0.3 is 0 Å². The quantitative estimate of drug-likeness (QED) is 0.795. The summed E-state index contributed by atoms with van der Waals surface area (Å²) in [5, 5.41) is 0.139. The molecule has 0 aliphatic heterocycles. The summed E-state index contributed by atoms with van der Waals surface area (Å²) in [4.78, 5) is 6.73. The van der Waals surface area contributed by atoms with E-state index < -0.39 is 10.0 Å². The van der Waals surface area contributed by atoms with E-state index in [-0.39, 0.29) is 11.1 Å². The Morgan fingerprint density at radius 3 is 2.67 bits per heavy atom. The van der Waals surface area contributed by atoms with Crippen LogP contribution in [0.1, 0.15) is 33.0 Å². The number of nitrogens with zero attached hydrogens (tertiary/aromatic N) is 1. The molecule has 1 heterocycles. The Bertz CT molecular complexity index is 411. The molecule has 0 aromatic carbocycles. The summed E-state index contributed by atoms with van der Waals surface area (Å²) in [6, 6.07) is -0.0663. The average molecular weight is 231 g/mol. The maximum Gasteiger partial charge on any atom is 0.257 e. The Kier molecular flexibility index (Phi) is 3.87. The van der Waals surface area contributed by atoms with Crippen LogP contribution < -0.4 is 4.72 Å². The molecule has 0 aliphatic rings.